The van der Waals surface area contributed by atoms with E-state index in [1.807, 2.05) is 18.8 Å². The normalized spacial score (nSPS) is 19.2. The molecule has 0 amide bonds. The minimum Gasteiger partial charge on any atom is -0.381 e. The number of hydrogen-bond acceptors (Lipinski definition) is 3. The summed E-state index contributed by atoms with van der Waals surface area (Å²) in [5, 5.41) is 7.02. The Morgan fingerprint density at radius 2 is 2.00 bits per heavy atom. The molecule has 22 heavy (non-hydrogen) atoms. The van der Waals surface area contributed by atoms with Crippen molar-refractivity contribution in [3.05, 3.63) is 0 Å². The summed E-state index contributed by atoms with van der Waals surface area (Å²) in [5.41, 5.74) is 0. The third-order valence-corrected chi connectivity index (χ3v) is 5.68. The lowest BCUT2D eigenvalue weighted by Gasteiger charge is -2.36. The average Bonchev–Trinajstić information content (AvgIpc) is 2.52. The van der Waals surface area contributed by atoms with Crippen LogP contribution in [0.5, 0.6) is 0 Å². The first-order valence-electron chi connectivity index (χ1n) is 8.26. The van der Waals surface area contributed by atoms with Gasteiger partial charge in [0, 0.05) is 37.6 Å². The van der Waals surface area contributed by atoms with Crippen molar-refractivity contribution in [3.8, 4) is 0 Å². The van der Waals surface area contributed by atoms with Gasteiger partial charge in [0.1, 0.15) is 0 Å². The molecule has 132 valence electrons. The fourth-order valence-electron chi connectivity index (χ4n) is 2.64. The summed E-state index contributed by atoms with van der Waals surface area (Å²) in [5.74, 6) is 0.930. The number of halogens is 1. The number of guanidine groups is 1. The molecule has 0 aromatic rings. The molecule has 0 saturated carbocycles. The number of thioether (sulfide) groups is 1. The van der Waals surface area contributed by atoms with Crippen LogP contribution in [0.4, 0.5) is 0 Å². The number of rotatable bonds is 8. The molecule has 0 radical (unpaired) electrons. The van der Waals surface area contributed by atoms with Crippen LogP contribution in [0.2, 0.25) is 0 Å². The Hall–Kier alpha value is 0.310. The molecule has 1 aliphatic heterocycles. The van der Waals surface area contributed by atoms with Gasteiger partial charge in [0.25, 0.3) is 0 Å². The van der Waals surface area contributed by atoms with Crippen molar-refractivity contribution in [2.45, 2.75) is 63.2 Å². The molecule has 0 aliphatic carbocycles. The van der Waals surface area contributed by atoms with Crippen LogP contribution in [-0.2, 0) is 4.74 Å². The predicted octanol–water partition coefficient (Wildman–Crippen LogP) is 3.65. The minimum atomic E-state index is 0. The zero-order valence-electron chi connectivity index (χ0n) is 14.6. The van der Waals surface area contributed by atoms with Crippen molar-refractivity contribution in [2.24, 2.45) is 4.99 Å². The van der Waals surface area contributed by atoms with E-state index < -0.39 is 0 Å². The Balaban J connectivity index is 0.00000441. The van der Waals surface area contributed by atoms with Gasteiger partial charge in [0.15, 0.2) is 5.96 Å². The number of hydrogen-bond donors (Lipinski definition) is 2. The Labute approximate surface area is 158 Å². The quantitative estimate of drug-likeness (QED) is 0.260. The van der Waals surface area contributed by atoms with Crippen LogP contribution in [0, 0.1) is 0 Å². The van der Waals surface area contributed by atoms with E-state index in [0.717, 1.165) is 38.6 Å². The highest BCUT2D eigenvalue weighted by atomic mass is 127. The molecule has 0 aromatic carbocycles. The Morgan fingerprint density at radius 3 is 2.55 bits per heavy atom. The van der Waals surface area contributed by atoms with Gasteiger partial charge in [-0.1, -0.05) is 26.2 Å². The van der Waals surface area contributed by atoms with Crippen LogP contribution < -0.4 is 10.6 Å². The summed E-state index contributed by atoms with van der Waals surface area (Å²) in [6, 6.07) is 0.475. The molecule has 1 rings (SSSR count). The Kier molecular flexibility index (Phi) is 12.9. The summed E-state index contributed by atoms with van der Waals surface area (Å²) in [4.78, 5) is 4.36. The van der Waals surface area contributed by atoms with E-state index in [-0.39, 0.29) is 24.0 Å². The third-order valence-electron chi connectivity index (χ3n) is 4.26. The summed E-state index contributed by atoms with van der Waals surface area (Å²) in [7, 11) is 1.85. The van der Waals surface area contributed by atoms with Gasteiger partial charge in [-0.25, -0.2) is 0 Å². The van der Waals surface area contributed by atoms with Gasteiger partial charge in [0.2, 0.25) is 0 Å². The third kappa shape index (κ3) is 8.24. The Bertz CT molecular complexity index is 310. The van der Waals surface area contributed by atoms with Crippen molar-refractivity contribution in [1.29, 1.82) is 0 Å². The number of nitrogens with one attached hydrogen (secondary N) is 2. The highest BCUT2D eigenvalue weighted by Crippen LogP contribution is 2.32. The average molecular weight is 443 g/mol. The van der Waals surface area contributed by atoms with Crippen molar-refractivity contribution in [3.63, 3.8) is 0 Å². The molecule has 0 aromatic heterocycles. The summed E-state index contributed by atoms with van der Waals surface area (Å²) >= 11 is 1.96. The van der Waals surface area contributed by atoms with Gasteiger partial charge < -0.3 is 15.4 Å². The molecule has 1 unspecified atom stereocenters. The van der Waals surface area contributed by atoms with E-state index in [1.54, 1.807) is 0 Å². The first-order valence-corrected chi connectivity index (χ1v) is 9.48. The summed E-state index contributed by atoms with van der Waals surface area (Å²) < 4.78 is 5.79. The number of aliphatic imine (C=N–C) groups is 1. The summed E-state index contributed by atoms with van der Waals surface area (Å²) in [6.45, 7) is 7.19. The molecule has 6 heteroatoms. The molecule has 0 bridgehead atoms. The Morgan fingerprint density at radius 1 is 1.32 bits per heavy atom. The van der Waals surface area contributed by atoms with E-state index in [1.165, 1.54) is 25.7 Å². The van der Waals surface area contributed by atoms with E-state index in [2.05, 4.69) is 35.7 Å². The minimum absolute atomic E-state index is 0. The smallest absolute Gasteiger partial charge is 0.191 e. The van der Waals surface area contributed by atoms with Gasteiger partial charge in [-0.3, -0.25) is 4.99 Å². The van der Waals surface area contributed by atoms with Gasteiger partial charge in [0.05, 0.1) is 0 Å². The monoisotopic (exact) mass is 443 g/mol. The molecule has 0 spiro atoms. The molecule has 1 fully saturated rings. The van der Waals surface area contributed by atoms with Crippen molar-refractivity contribution >= 4 is 41.7 Å². The van der Waals surface area contributed by atoms with E-state index in [9.17, 15) is 0 Å². The standard InChI is InChI=1S/C16H33N3OS.HI/c1-5-6-7-8-14(2)19-15(17-3)18-13-16(21-4)9-11-20-12-10-16;/h14H,5-13H2,1-4H3,(H2,17,18,19);1H. The highest BCUT2D eigenvalue weighted by molar-refractivity contribution is 14.0. The number of unbranched alkanes of at least 4 members (excludes halogenated alkanes) is 2. The van der Waals surface area contributed by atoms with E-state index >= 15 is 0 Å². The molecule has 1 heterocycles. The maximum absolute atomic E-state index is 5.49. The molecular formula is C16H34IN3OS. The highest BCUT2D eigenvalue weighted by Gasteiger charge is 2.31. The maximum atomic E-state index is 5.49. The molecule has 1 atom stereocenters. The predicted molar refractivity (Wildman–Crippen MR) is 110 cm³/mol. The van der Waals surface area contributed by atoms with Crippen LogP contribution in [-0.4, -0.2) is 49.8 Å². The maximum Gasteiger partial charge on any atom is 0.191 e. The van der Waals surface area contributed by atoms with Gasteiger partial charge >= 0.3 is 0 Å². The van der Waals surface area contributed by atoms with Gasteiger partial charge in [-0.2, -0.15) is 11.8 Å². The second-order valence-corrected chi connectivity index (χ2v) is 7.24. The van der Waals surface area contributed by atoms with Gasteiger partial charge in [-0.15, -0.1) is 24.0 Å². The zero-order valence-corrected chi connectivity index (χ0v) is 17.8. The molecule has 1 aliphatic rings. The van der Waals surface area contributed by atoms with Gasteiger partial charge in [-0.05, 0) is 32.4 Å². The summed E-state index contributed by atoms with van der Waals surface area (Å²) in [6.07, 6.45) is 9.51. The zero-order chi connectivity index (χ0) is 15.6. The molecular weight excluding hydrogens is 409 g/mol. The number of ether oxygens (including phenoxy) is 1. The first kappa shape index (κ1) is 22.3. The lowest BCUT2D eigenvalue weighted by molar-refractivity contribution is 0.0782. The largest absolute Gasteiger partial charge is 0.381 e. The van der Waals surface area contributed by atoms with Crippen LogP contribution in [0.25, 0.3) is 0 Å². The SMILES string of the molecule is CCCCCC(C)NC(=NC)NCC1(SC)CCOCC1.I. The van der Waals surface area contributed by atoms with Crippen LogP contribution in [0.15, 0.2) is 4.99 Å². The van der Waals surface area contributed by atoms with E-state index in [4.69, 9.17) is 4.74 Å². The first-order chi connectivity index (χ1) is 10.2. The fraction of sp³-hybridized carbons (Fsp3) is 0.938. The van der Waals surface area contributed by atoms with E-state index in [0.29, 0.717) is 10.8 Å². The van der Waals surface area contributed by atoms with Crippen LogP contribution >= 0.6 is 35.7 Å². The topological polar surface area (TPSA) is 45.7 Å². The molecule has 1 saturated heterocycles. The fourth-order valence-corrected chi connectivity index (χ4v) is 3.43. The van der Waals surface area contributed by atoms with Crippen molar-refractivity contribution in [2.75, 3.05) is 33.1 Å². The van der Waals surface area contributed by atoms with Crippen LogP contribution in [0.1, 0.15) is 52.4 Å². The second kappa shape index (κ2) is 12.7. The second-order valence-electron chi connectivity index (χ2n) is 5.97. The van der Waals surface area contributed by atoms with Crippen LogP contribution in [0.3, 0.4) is 0 Å². The molecule has 4 nitrogen and oxygen atoms in total. The lowest BCUT2D eigenvalue weighted by atomic mass is 9.99. The van der Waals surface area contributed by atoms with Crippen molar-refractivity contribution in [1.82, 2.24) is 10.6 Å². The lowest BCUT2D eigenvalue weighted by Crippen LogP contribution is -2.49. The number of nitrogens with zero attached hydrogens (tertiary/aromatic N) is 1. The van der Waals surface area contributed by atoms with Crippen molar-refractivity contribution < 1.29 is 4.74 Å². The molecule has 2 N–H and O–H groups in total.